The Labute approximate surface area is 174 Å². The molecule has 0 atom stereocenters. The zero-order valence-corrected chi connectivity index (χ0v) is 17.7. The van der Waals surface area contributed by atoms with E-state index in [2.05, 4.69) is 6.58 Å². The Hall–Kier alpha value is -2.07. The summed E-state index contributed by atoms with van der Waals surface area (Å²) in [6.07, 6.45) is 1.77. The van der Waals surface area contributed by atoms with Crippen LogP contribution in [0.25, 0.3) is 0 Å². The Kier molecular flexibility index (Phi) is 7.18. The second kappa shape index (κ2) is 9.62. The minimum Gasteiger partial charge on any atom is -0.339 e. The number of sulfonamides is 1. The Morgan fingerprint density at radius 3 is 2.45 bits per heavy atom. The van der Waals surface area contributed by atoms with Crippen molar-refractivity contribution in [2.45, 2.75) is 11.4 Å². The van der Waals surface area contributed by atoms with Crippen molar-refractivity contribution in [2.75, 3.05) is 39.3 Å². The van der Waals surface area contributed by atoms with Gasteiger partial charge in [0.1, 0.15) is 5.82 Å². The molecular formula is C20H24FN3O3S2. The normalized spacial score (nSPS) is 15.6. The van der Waals surface area contributed by atoms with Gasteiger partial charge in [0.25, 0.3) is 0 Å². The first-order valence-corrected chi connectivity index (χ1v) is 11.6. The maximum Gasteiger partial charge on any atom is 0.243 e. The Bertz CT molecular complexity index is 922. The summed E-state index contributed by atoms with van der Waals surface area (Å²) in [6, 6.07) is 8.81. The van der Waals surface area contributed by atoms with Crippen LogP contribution in [-0.4, -0.2) is 67.7 Å². The van der Waals surface area contributed by atoms with Gasteiger partial charge in [-0.2, -0.15) is 4.31 Å². The van der Waals surface area contributed by atoms with Gasteiger partial charge in [0.05, 0.1) is 11.4 Å². The van der Waals surface area contributed by atoms with Crippen LogP contribution in [0.15, 0.2) is 59.3 Å². The first-order chi connectivity index (χ1) is 13.9. The van der Waals surface area contributed by atoms with Crippen LogP contribution in [0.3, 0.4) is 0 Å². The molecule has 0 saturated carbocycles. The number of hydrogen-bond donors (Lipinski definition) is 0. The Balaban J connectivity index is 1.57. The van der Waals surface area contributed by atoms with Crippen molar-refractivity contribution in [3.8, 4) is 0 Å². The van der Waals surface area contributed by atoms with Crippen LogP contribution in [0.1, 0.15) is 4.88 Å². The number of hydrogen-bond acceptors (Lipinski definition) is 5. The third kappa shape index (κ3) is 5.51. The molecule has 2 heterocycles. The zero-order valence-electron chi connectivity index (χ0n) is 16.0. The molecule has 0 bridgehead atoms. The van der Waals surface area contributed by atoms with Crippen LogP contribution in [0.5, 0.6) is 0 Å². The third-order valence-corrected chi connectivity index (χ3v) is 7.52. The van der Waals surface area contributed by atoms with Crippen molar-refractivity contribution < 1.29 is 17.6 Å². The summed E-state index contributed by atoms with van der Waals surface area (Å²) in [6.45, 7) is 6.40. The van der Waals surface area contributed by atoms with E-state index in [1.165, 1.54) is 21.3 Å². The lowest BCUT2D eigenvalue weighted by molar-refractivity contribution is -0.133. The number of piperazine rings is 1. The second-order valence-corrected chi connectivity index (χ2v) is 9.75. The van der Waals surface area contributed by atoms with E-state index in [0.29, 0.717) is 26.2 Å². The summed E-state index contributed by atoms with van der Waals surface area (Å²) in [7, 11) is -3.69. The monoisotopic (exact) mass is 437 g/mol. The maximum absolute atomic E-state index is 13.1. The number of carbonyl (C=O) groups is 1. The average molecular weight is 438 g/mol. The fourth-order valence-electron chi connectivity index (χ4n) is 3.22. The van der Waals surface area contributed by atoms with Crippen molar-refractivity contribution >= 4 is 27.3 Å². The Morgan fingerprint density at radius 1 is 1.17 bits per heavy atom. The summed E-state index contributed by atoms with van der Waals surface area (Å²) in [5.74, 6) is -0.506. The van der Waals surface area contributed by atoms with Crippen LogP contribution in [0.2, 0.25) is 0 Å². The molecule has 3 rings (SSSR count). The number of benzene rings is 1. The molecule has 1 aliphatic heterocycles. The molecule has 0 spiro atoms. The molecule has 1 amide bonds. The molecule has 2 aromatic rings. The number of thiophene rings is 1. The van der Waals surface area contributed by atoms with Gasteiger partial charge in [0.2, 0.25) is 15.9 Å². The lowest BCUT2D eigenvalue weighted by Crippen LogP contribution is -2.52. The van der Waals surface area contributed by atoms with Crippen LogP contribution in [-0.2, 0) is 21.4 Å². The van der Waals surface area contributed by atoms with Gasteiger partial charge in [-0.25, -0.2) is 12.8 Å². The smallest absolute Gasteiger partial charge is 0.243 e. The topological polar surface area (TPSA) is 60.9 Å². The number of halogens is 1. The standard InChI is InChI=1S/C20H24FN3O3S2/c1-2-9-22(15-18-4-3-14-28-18)16-20(25)23-10-12-24(13-11-23)29(26,27)19-7-5-17(21)6-8-19/h2-8,14H,1,9-13,15-16H2. The number of carbonyl (C=O) groups excluding carboxylic acids is 1. The predicted molar refractivity (Wildman–Crippen MR) is 112 cm³/mol. The van der Waals surface area contributed by atoms with Gasteiger partial charge in [-0.1, -0.05) is 12.1 Å². The molecule has 29 heavy (non-hydrogen) atoms. The van der Waals surface area contributed by atoms with Gasteiger partial charge in [-0.15, -0.1) is 17.9 Å². The summed E-state index contributed by atoms with van der Waals surface area (Å²) in [4.78, 5) is 17.7. The molecule has 1 aliphatic rings. The van der Waals surface area contributed by atoms with Crippen molar-refractivity contribution in [3.05, 3.63) is 65.1 Å². The molecule has 1 aromatic heterocycles. The van der Waals surface area contributed by atoms with E-state index in [-0.39, 0.29) is 30.4 Å². The molecule has 156 valence electrons. The van der Waals surface area contributed by atoms with Crippen LogP contribution >= 0.6 is 11.3 Å². The van der Waals surface area contributed by atoms with Crippen molar-refractivity contribution in [2.24, 2.45) is 0 Å². The number of rotatable bonds is 8. The fourth-order valence-corrected chi connectivity index (χ4v) is 5.38. The quantitative estimate of drug-likeness (QED) is 0.595. The first-order valence-electron chi connectivity index (χ1n) is 9.29. The van der Waals surface area contributed by atoms with Gasteiger partial charge in [-0.3, -0.25) is 9.69 Å². The largest absolute Gasteiger partial charge is 0.339 e. The molecule has 9 heteroatoms. The number of nitrogens with zero attached hydrogens (tertiary/aromatic N) is 3. The van der Waals surface area contributed by atoms with E-state index in [0.717, 1.165) is 12.1 Å². The third-order valence-electron chi connectivity index (χ3n) is 4.75. The highest BCUT2D eigenvalue weighted by Crippen LogP contribution is 2.18. The molecule has 1 saturated heterocycles. The average Bonchev–Trinajstić information content (AvgIpc) is 3.21. The zero-order chi connectivity index (χ0) is 20.9. The van der Waals surface area contributed by atoms with Crippen LogP contribution in [0, 0.1) is 5.82 Å². The minimum atomic E-state index is -3.69. The molecule has 0 unspecified atom stereocenters. The predicted octanol–water partition coefficient (Wildman–Crippen LogP) is 2.41. The van der Waals surface area contributed by atoms with Crippen molar-refractivity contribution in [3.63, 3.8) is 0 Å². The molecule has 0 radical (unpaired) electrons. The van der Waals surface area contributed by atoms with E-state index in [9.17, 15) is 17.6 Å². The molecule has 0 aliphatic carbocycles. The van der Waals surface area contributed by atoms with E-state index in [1.54, 1.807) is 22.3 Å². The number of amides is 1. The summed E-state index contributed by atoms with van der Waals surface area (Å²) >= 11 is 1.64. The highest BCUT2D eigenvalue weighted by atomic mass is 32.2. The minimum absolute atomic E-state index is 0.0257. The summed E-state index contributed by atoms with van der Waals surface area (Å²) in [5, 5.41) is 2.00. The highest BCUT2D eigenvalue weighted by molar-refractivity contribution is 7.89. The van der Waals surface area contributed by atoms with Crippen LogP contribution in [0.4, 0.5) is 4.39 Å². The highest BCUT2D eigenvalue weighted by Gasteiger charge is 2.30. The van der Waals surface area contributed by atoms with E-state index in [1.807, 2.05) is 22.4 Å². The summed E-state index contributed by atoms with van der Waals surface area (Å²) in [5.41, 5.74) is 0. The van der Waals surface area contributed by atoms with Crippen molar-refractivity contribution in [1.82, 2.24) is 14.1 Å². The van der Waals surface area contributed by atoms with Crippen LogP contribution < -0.4 is 0 Å². The van der Waals surface area contributed by atoms with Crippen molar-refractivity contribution in [1.29, 1.82) is 0 Å². The molecular weight excluding hydrogens is 413 g/mol. The summed E-state index contributed by atoms with van der Waals surface area (Å²) < 4.78 is 39.8. The van der Waals surface area contributed by atoms with Gasteiger partial charge in [0, 0.05) is 44.1 Å². The Morgan fingerprint density at radius 2 is 1.86 bits per heavy atom. The van der Waals surface area contributed by atoms with E-state index < -0.39 is 15.8 Å². The second-order valence-electron chi connectivity index (χ2n) is 6.78. The SMILES string of the molecule is C=CCN(CC(=O)N1CCN(S(=O)(=O)c2ccc(F)cc2)CC1)Cc1cccs1. The maximum atomic E-state index is 13.1. The first kappa shape index (κ1) is 21.6. The molecule has 0 N–H and O–H groups in total. The van der Waals surface area contributed by atoms with Gasteiger partial charge in [-0.05, 0) is 35.7 Å². The van der Waals surface area contributed by atoms with Gasteiger partial charge < -0.3 is 4.90 Å². The lowest BCUT2D eigenvalue weighted by atomic mass is 10.3. The van der Waals surface area contributed by atoms with Gasteiger partial charge in [0.15, 0.2) is 0 Å². The van der Waals surface area contributed by atoms with E-state index in [4.69, 9.17) is 0 Å². The molecule has 6 nitrogen and oxygen atoms in total. The lowest BCUT2D eigenvalue weighted by Gasteiger charge is -2.35. The van der Waals surface area contributed by atoms with Gasteiger partial charge >= 0.3 is 0 Å². The van der Waals surface area contributed by atoms with E-state index >= 15 is 0 Å². The fraction of sp³-hybridized carbons (Fsp3) is 0.350. The molecule has 1 fully saturated rings. The molecule has 1 aromatic carbocycles.